The van der Waals surface area contributed by atoms with Gasteiger partial charge in [-0.3, -0.25) is 4.79 Å². The molecule has 0 fully saturated rings. The van der Waals surface area contributed by atoms with Crippen molar-refractivity contribution in [2.75, 3.05) is 0 Å². The van der Waals surface area contributed by atoms with E-state index < -0.39 is 0 Å². The summed E-state index contributed by atoms with van der Waals surface area (Å²) in [5.74, 6) is 0. The zero-order valence-corrected chi connectivity index (χ0v) is 11.8. The van der Waals surface area contributed by atoms with E-state index in [-0.39, 0.29) is 0 Å². The third kappa shape index (κ3) is 2.29. The summed E-state index contributed by atoms with van der Waals surface area (Å²) in [6, 6.07) is 5.56. The van der Waals surface area contributed by atoms with Crippen molar-refractivity contribution in [1.29, 1.82) is 0 Å². The Labute approximate surface area is 119 Å². The van der Waals surface area contributed by atoms with Gasteiger partial charge in [0.2, 0.25) is 0 Å². The van der Waals surface area contributed by atoms with E-state index in [0.717, 1.165) is 27.9 Å². The van der Waals surface area contributed by atoms with Gasteiger partial charge in [-0.15, -0.1) is 11.3 Å². The van der Waals surface area contributed by atoms with Crippen LogP contribution < -0.4 is 0 Å². The van der Waals surface area contributed by atoms with Crippen molar-refractivity contribution >= 4 is 40.1 Å². The second kappa shape index (κ2) is 4.79. The Balaban J connectivity index is 2.12. The van der Waals surface area contributed by atoms with Crippen molar-refractivity contribution in [3.63, 3.8) is 0 Å². The molecule has 0 amide bonds. The molecule has 0 spiro atoms. The molecule has 5 heteroatoms. The largest absolute Gasteiger partial charge is 0.340 e. The summed E-state index contributed by atoms with van der Waals surface area (Å²) in [5, 5.41) is 4.63. The van der Waals surface area contributed by atoms with Gasteiger partial charge in [-0.1, -0.05) is 17.7 Å². The molecule has 0 unspecified atom stereocenters. The summed E-state index contributed by atoms with van der Waals surface area (Å²) in [6.45, 7) is 2.63. The predicted molar refractivity (Wildman–Crippen MR) is 78.3 cm³/mol. The Morgan fingerprint density at radius 2 is 2.32 bits per heavy atom. The summed E-state index contributed by atoms with van der Waals surface area (Å²) in [5.41, 5.74) is 2.66. The molecule has 0 atom stereocenters. The van der Waals surface area contributed by atoms with E-state index in [2.05, 4.69) is 4.98 Å². The van der Waals surface area contributed by atoms with Crippen LogP contribution in [0.4, 0.5) is 0 Å². The number of benzene rings is 1. The van der Waals surface area contributed by atoms with Gasteiger partial charge in [0.15, 0.2) is 6.29 Å². The van der Waals surface area contributed by atoms with Crippen LogP contribution in [-0.2, 0) is 6.54 Å². The van der Waals surface area contributed by atoms with Gasteiger partial charge in [0.05, 0.1) is 12.1 Å². The summed E-state index contributed by atoms with van der Waals surface area (Å²) < 4.78 is 2.02. The van der Waals surface area contributed by atoms with Gasteiger partial charge < -0.3 is 4.57 Å². The third-order valence-corrected chi connectivity index (χ3v) is 4.16. The average molecular weight is 291 g/mol. The first-order valence-electron chi connectivity index (χ1n) is 5.82. The minimum Gasteiger partial charge on any atom is -0.340 e. The van der Waals surface area contributed by atoms with Gasteiger partial charge in [0, 0.05) is 33.2 Å². The second-order valence-corrected chi connectivity index (χ2v) is 5.75. The van der Waals surface area contributed by atoms with Gasteiger partial charge in [-0.2, -0.15) is 0 Å². The zero-order valence-electron chi connectivity index (χ0n) is 10.3. The highest BCUT2D eigenvalue weighted by atomic mass is 35.5. The van der Waals surface area contributed by atoms with Crippen LogP contribution in [0.15, 0.2) is 29.8 Å². The smallest absolute Gasteiger partial charge is 0.152 e. The molecule has 3 nitrogen and oxygen atoms in total. The molecule has 0 saturated heterocycles. The molecule has 96 valence electrons. The van der Waals surface area contributed by atoms with E-state index in [1.807, 2.05) is 35.2 Å². The Hall–Kier alpha value is -1.65. The molecule has 19 heavy (non-hydrogen) atoms. The predicted octanol–water partition coefficient (Wildman–Crippen LogP) is 3.92. The average Bonchev–Trinajstić information content (AvgIpc) is 2.94. The number of nitrogens with zero attached hydrogens (tertiary/aromatic N) is 2. The first-order valence-corrected chi connectivity index (χ1v) is 7.07. The van der Waals surface area contributed by atoms with Crippen LogP contribution in [0.25, 0.3) is 10.9 Å². The van der Waals surface area contributed by atoms with Crippen LogP contribution in [0, 0.1) is 6.92 Å². The molecule has 3 aromatic rings. The first-order chi connectivity index (χ1) is 9.17. The maximum absolute atomic E-state index is 11.1. The zero-order chi connectivity index (χ0) is 13.4. The van der Waals surface area contributed by atoms with Crippen molar-refractivity contribution in [1.82, 2.24) is 9.55 Å². The van der Waals surface area contributed by atoms with Crippen molar-refractivity contribution in [2.45, 2.75) is 13.5 Å². The molecule has 0 aliphatic rings. The number of aryl methyl sites for hydroxylation is 1. The van der Waals surface area contributed by atoms with Gasteiger partial charge >= 0.3 is 0 Å². The highest BCUT2D eigenvalue weighted by Crippen LogP contribution is 2.25. The molecule has 1 aromatic carbocycles. The molecular weight excluding hydrogens is 280 g/mol. The lowest BCUT2D eigenvalue weighted by atomic mass is 10.2. The fourth-order valence-electron chi connectivity index (χ4n) is 2.14. The quantitative estimate of drug-likeness (QED) is 0.685. The van der Waals surface area contributed by atoms with E-state index >= 15 is 0 Å². The molecule has 0 N–H and O–H groups in total. The minimum absolute atomic E-state index is 0.656. The van der Waals surface area contributed by atoms with E-state index in [4.69, 9.17) is 11.6 Å². The summed E-state index contributed by atoms with van der Waals surface area (Å²) in [6.07, 6.45) is 2.73. The summed E-state index contributed by atoms with van der Waals surface area (Å²) >= 11 is 7.66. The minimum atomic E-state index is 0.656. The molecule has 2 heterocycles. The summed E-state index contributed by atoms with van der Waals surface area (Å²) in [7, 11) is 0. The Morgan fingerprint density at radius 1 is 1.47 bits per heavy atom. The molecule has 2 aromatic heterocycles. The number of carbonyl (C=O) groups is 1. The fraction of sp³-hybridized carbons (Fsp3) is 0.143. The maximum atomic E-state index is 11.1. The van der Waals surface area contributed by atoms with Crippen LogP contribution >= 0.6 is 22.9 Å². The van der Waals surface area contributed by atoms with Gasteiger partial charge in [-0.05, 0) is 19.1 Å². The number of carbonyl (C=O) groups excluding carboxylic acids is 1. The molecular formula is C14H11ClN2OS. The number of aldehydes is 1. The fourth-order valence-corrected chi connectivity index (χ4v) is 3.08. The summed E-state index contributed by atoms with van der Waals surface area (Å²) in [4.78, 5) is 15.6. The Morgan fingerprint density at radius 3 is 3.00 bits per heavy atom. The lowest BCUT2D eigenvalue weighted by Gasteiger charge is -2.02. The van der Waals surface area contributed by atoms with Crippen LogP contribution in [0.5, 0.6) is 0 Å². The standard InChI is InChI=1S/C14H11ClN2OS/c1-9-8-19-14(16-9)6-17-5-10(7-18)12-3-2-11(15)4-13(12)17/h2-5,7-8H,6H2,1H3. The first kappa shape index (κ1) is 12.4. The number of rotatable bonds is 3. The SMILES string of the molecule is Cc1csc(Cn2cc(C=O)c3ccc(Cl)cc32)n1. The van der Waals surface area contributed by atoms with Gasteiger partial charge in [-0.25, -0.2) is 4.98 Å². The second-order valence-electron chi connectivity index (χ2n) is 4.37. The van der Waals surface area contributed by atoms with Gasteiger partial charge in [0.25, 0.3) is 0 Å². The highest BCUT2D eigenvalue weighted by Gasteiger charge is 2.10. The lowest BCUT2D eigenvalue weighted by Crippen LogP contribution is -1.97. The van der Waals surface area contributed by atoms with E-state index in [0.29, 0.717) is 17.1 Å². The molecule has 0 bridgehead atoms. The molecule has 0 aliphatic carbocycles. The number of fused-ring (bicyclic) bond motifs is 1. The van der Waals surface area contributed by atoms with Crippen LogP contribution in [0.3, 0.4) is 0 Å². The normalized spacial score (nSPS) is 11.1. The Kier molecular flexibility index (Phi) is 3.12. The number of hydrogen-bond donors (Lipinski definition) is 0. The topological polar surface area (TPSA) is 34.9 Å². The molecule has 0 saturated carbocycles. The molecule has 3 rings (SSSR count). The van der Waals surface area contributed by atoms with Crippen LogP contribution in [0.1, 0.15) is 21.1 Å². The highest BCUT2D eigenvalue weighted by molar-refractivity contribution is 7.09. The van der Waals surface area contributed by atoms with E-state index in [1.165, 1.54) is 0 Å². The van der Waals surface area contributed by atoms with Crippen molar-refractivity contribution in [2.24, 2.45) is 0 Å². The van der Waals surface area contributed by atoms with E-state index in [1.54, 1.807) is 17.4 Å². The number of hydrogen-bond acceptors (Lipinski definition) is 3. The van der Waals surface area contributed by atoms with Crippen molar-refractivity contribution in [3.8, 4) is 0 Å². The third-order valence-electron chi connectivity index (χ3n) is 2.97. The lowest BCUT2D eigenvalue weighted by molar-refractivity contribution is 0.112. The van der Waals surface area contributed by atoms with Crippen LogP contribution in [-0.4, -0.2) is 15.8 Å². The van der Waals surface area contributed by atoms with Crippen molar-refractivity contribution in [3.05, 3.63) is 51.1 Å². The monoisotopic (exact) mass is 290 g/mol. The number of thiazole rings is 1. The maximum Gasteiger partial charge on any atom is 0.152 e. The van der Waals surface area contributed by atoms with E-state index in [9.17, 15) is 4.79 Å². The van der Waals surface area contributed by atoms with Crippen LogP contribution in [0.2, 0.25) is 5.02 Å². The number of aromatic nitrogens is 2. The number of halogens is 1. The Bertz CT molecular complexity index is 760. The molecule has 0 aliphatic heterocycles. The molecule has 0 radical (unpaired) electrons. The van der Waals surface area contributed by atoms with Gasteiger partial charge in [0.1, 0.15) is 5.01 Å². The van der Waals surface area contributed by atoms with Crippen molar-refractivity contribution < 1.29 is 4.79 Å².